The second-order valence-electron chi connectivity index (χ2n) is 3.66. The molecule has 7 nitrogen and oxygen atoms in total. The van der Waals surface area contributed by atoms with Crippen molar-refractivity contribution >= 4 is 13.3 Å². The number of nitrogens with one attached hydrogen (secondary N) is 1. The lowest BCUT2D eigenvalue weighted by Gasteiger charge is -2.09. The van der Waals surface area contributed by atoms with Crippen molar-refractivity contribution in [3.63, 3.8) is 0 Å². The number of H-pyrrole nitrogens is 1. The highest BCUT2D eigenvalue weighted by atomic mass is 16.3. The third kappa shape index (κ3) is 1.77. The maximum absolute atomic E-state index is 11.8. The Bertz CT molecular complexity index is 787. The molecular formula is C10H8BN3O4. The van der Waals surface area contributed by atoms with Crippen LogP contribution in [0.25, 0.3) is 5.69 Å². The maximum atomic E-state index is 11.8. The largest absolute Gasteiger partial charge is 0.508 e. The predicted molar refractivity (Wildman–Crippen MR) is 65.0 cm³/mol. The Balaban J connectivity index is 2.93. The summed E-state index contributed by atoms with van der Waals surface area (Å²) in [6.07, 6.45) is 0. The number of benzene rings is 1. The zero-order chi connectivity index (χ0) is 13.4. The summed E-state index contributed by atoms with van der Waals surface area (Å²) in [4.78, 5) is 36.7. The van der Waals surface area contributed by atoms with Gasteiger partial charge >= 0.3 is 17.1 Å². The van der Waals surface area contributed by atoms with Gasteiger partial charge < -0.3 is 5.11 Å². The summed E-state index contributed by atoms with van der Waals surface area (Å²) >= 11 is 0. The van der Waals surface area contributed by atoms with Crippen molar-refractivity contribution in [1.29, 1.82) is 0 Å². The Hall–Kier alpha value is -2.51. The molecule has 2 N–H and O–H groups in total. The number of phenols is 1. The second kappa shape index (κ2) is 4.06. The third-order valence-electron chi connectivity index (χ3n) is 2.45. The van der Waals surface area contributed by atoms with Crippen LogP contribution >= 0.6 is 0 Å². The molecule has 0 aliphatic carbocycles. The zero-order valence-electron chi connectivity index (χ0n) is 9.38. The number of hydrogen-bond donors (Lipinski definition) is 2. The van der Waals surface area contributed by atoms with Crippen molar-refractivity contribution in [2.24, 2.45) is 7.05 Å². The Kier molecular flexibility index (Phi) is 2.70. The molecule has 18 heavy (non-hydrogen) atoms. The molecule has 0 aliphatic rings. The fraction of sp³-hybridized carbons (Fsp3) is 0.100. The smallest absolute Gasteiger partial charge is 0.340 e. The van der Waals surface area contributed by atoms with E-state index in [9.17, 15) is 19.5 Å². The average Bonchev–Trinajstić information content (AvgIpc) is 2.31. The second-order valence-corrected chi connectivity index (χ2v) is 3.66. The van der Waals surface area contributed by atoms with Crippen molar-refractivity contribution in [2.45, 2.75) is 0 Å². The molecule has 1 aromatic carbocycles. The quantitative estimate of drug-likeness (QED) is 0.553. The van der Waals surface area contributed by atoms with E-state index in [1.54, 1.807) is 0 Å². The first-order valence-corrected chi connectivity index (χ1v) is 4.93. The monoisotopic (exact) mass is 245 g/mol. The van der Waals surface area contributed by atoms with E-state index in [4.69, 9.17) is 7.85 Å². The van der Waals surface area contributed by atoms with Gasteiger partial charge in [-0.1, -0.05) is 11.5 Å². The summed E-state index contributed by atoms with van der Waals surface area (Å²) < 4.78 is 1.40. The fourth-order valence-electron chi connectivity index (χ4n) is 1.49. The molecule has 1 aromatic heterocycles. The van der Waals surface area contributed by atoms with Gasteiger partial charge in [0.2, 0.25) is 0 Å². The fourth-order valence-corrected chi connectivity index (χ4v) is 1.49. The van der Waals surface area contributed by atoms with Crippen LogP contribution in [0.5, 0.6) is 5.75 Å². The number of aromatic hydroxyl groups is 1. The first kappa shape index (κ1) is 12.0. The lowest BCUT2D eigenvalue weighted by molar-refractivity contribution is 0.475. The van der Waals surface area contributed by atoms with Crippen LogP contribution in [-0.4, -0.2) is 27.1 Å². The number of aromatic nitrogens is 3. The Labute approximate surface area is 101 Å². The van der Waals surface area contributed by atoms with E-state index in [-0.39, 0.29) is 16.9 Å². The van der Waals surface area contributed by atoms with Crippen molar-refractivity contribution in [3.8, 4) is 11.4 Å². The topological polar surface area (TPSA) is 97.1 Å². The normalized spacial score (nSPS) is 10.5. The van der Waals surface area contributed by atoms with Crippen molar-refractivity contribution < 1.29 is 5.11 Å². The summed E-state index contributed by atoms with van der Waals surface area (Å²) in [6, 6.07) is 3.83. The summed E-state index contributed by atoms with van der Waals surface area (Å²) in [5, 5.41) is 9.35. The van der Waals surface area contributed by atoms with Crippen LogP contribution in [0.1, 0.15) is 0 Å². The minimum absolute atomic E-state index is 0.0110. The molecule has 0 unspecified atom stereocenters. The number of phenolic OH excluding ortho intramolecular Hbond substituents is 1. The summed E-state index contributed by atoms with van der Waals surface area (Å²) in [6.45, 7) is 0. The maximum Gasteiger partial charge on any atom is 0.340 e. The van der Waals surface area contributed by atoms with Gasteiger partial charge in [-0.3, -0.25) is 4.98 Å². The summed E-state index contributed by atoms with van der Waals surface area (Å²) in [5.41, 5.74) is -2.45. The van der Waals surface area contributed by atoms with Gasteiger partial charge in [0.25, 0.3) is 0 Å². The molecule has 2 rings (SSSR count). The van der Waals surface area contributed by atoms with Crippen molar-refractivity contribution in [3.05, 3.63) is 49.7 Å². The standard InChI is InChI=1S/C10H8BN3O4/c1-13-8(16)12-9(17)14(10(13)18)7-4-5(15)2-3-6(7)11/h2-4,15H,1H3,(H,12,16,17). The van der Waals surface area contributed by atoms with Gasteiger partial charge in [-0.15, -0.1) is 0 Å². The molecule has 0 amide bonds. The van der Waals surface area contributed by atoms with E-state index in [1.165, 1.54) is 19.2 Å². The van der Waals surface area contributed by atoms with Gasteiger partial charge in [-0.05, 0) is 6.07 Å². The molecule has 90 valence electrons. The molecule has 0 aliphatic heterocycles. The highest BCUT2D eigenvalue weighted by Gasteiger charge is 2.11. The van der Waals surface area contributed by atoms with Crippen LogP contribution in [0.2, 0.25) is 0 Å². The first-order valence-electron chi connectivity index (χ1n) is 4.93. The Morgan fingerprint density at radius 1 is 1.22 bits per heavy atom. The van der Waals surface area contributed by atoms with Crippen LogP contribution in [0.15, 0.2) is 32.6 Å². The van der Waals surface area contributed by atoms with Gasteiger partial charge in [-0.25, -0.2) is 23.5 Å². The van der Waals surface area contributed by atoms with E-state index < -0.39 is 17.1 Å². The number of hydrogen-bond acceptors (Lipinski definition) is 4. The lowest BCUT2D eigenvalue weighted by atomic mass is 9.94. The summed E-state index contributed by atoms with van der Waals surface area (Å²) in [5.74, 6) is -0.153. The third-order valence-corrected chi connectivity index (χ3v) is 2.45. The zero-order valence-corrected chi connectivity index (χ0v) is 9.38. The van der Waals surface area contributed by atoms with Gasteiger partial charge in [0.1, 0.15) is 13.6 Å². The molecule has 0 atom stereocenters. The van der Waals surface area contributed by atoms with Crippen LogP contribution in [0, 0.1) is 0 Å². The van der Waals surface area contributed by atoms with Gasteiger partial charge in [0.15, 0.2) is 0 Å². The molecular weight excluding hydrogens is 237 g/mol. The highest BCUT2D eigenvalue weighted by molar-refractivity contribution is 6.34. The van der Waals surface area contributed by atoms with E-state index in [0.29, 0.717) is 4.57 Å². The van der Waals surface area contributed by atoms with Crippen LogP contribution in [0.3, 0.4) is 0 Å². The Morgan fingerprint density at radius 2 is 1.89 bits per heavy atom. The van der Waals surface area contributed by atoms with Crippen molar-refractivity contribution in [2.75, 3.05) is 0 Å². The van der Waals surface area contributed by atoms with Crippen LogP contribution in [0.4, 0.5) is 0 Å². The number of rotatable bonds is 1. The predicted octanol–water partition coefficient (Wildman–Crippen LogP) is -2.28. The number of nitrogens with zero attached hydrogens (tertiary/aromatic N) is 2. The highest BCUT2D eigenvalue weighted by Crippen LogP contribution is 2.09. The van der Waals surface area contributed by atoms with E-state index >= 15 is 0 Å². The minimum Gasteiger partial charge on any atom is -0.508 e. The molecule has 0 saturated carbocycles. The molecule has 8 heteroatoms. The average molecular weight is 245 g/mol. The SMILES string of the molecule is [B]c1ccc(O)cc1-n1c(=O)[nH]c(=O)n(C)c1=O. The molecule has 2 aromatic rings. The van der Waals surface area contributed by atoms with Crippen LogP contribution in [-0.2, 0) is 7.05 Å². The molecule has 0 bridgehead atoms. The van der Waals surface area contributed by atoms with Gasteiger partial charge in [0.05, 0.1) is 5.69 Å². The minimum atomic E-state index is -0.916. The molecule has 2 radical (unpaired) electrons. The first-order chi connectivity index (χ1) is 8.41. The molecule has 1 heterocycles. The Morgan fingerprint density at radius 3 is 2.56 bits per heavy atom. The van der Waals surface area contributed by atoms with Crippen molar-refractivity contribution in [1.82, 2.24) is 14.1 Å². The number of aromatic amines is 1. The van der Waals surface area contributed by atoms with E-state index in [1.807, 2.05) is 4.98 Å². The van der Waals surface area contributed by atoms with Gasteiger partial charge in [0, 0.05) is 13.1 Å². The van der Waals surface area contributed by atoms with Crippen LogP contribution < -0.4 is 22.5 Å². The molecule has 0 fully saturated rings. The summed E-state index contributed by atoms with van der Waals surface area (Å²) in [7, 11) is 6.85. The molecule has 0 spiro atoms. The lowest BCUT2D eigenvalue weighted by Crippen LogP contribution is -2.48. The van der Waals surface area contributed by atoms with E-state index in [0.717, 1.165) is 10.6 Å². The molecule has 0 saturated heterocycles. The van der Waals surface area contributed by atoms with Gasteiger partial charge in [-0.2, -0.15) is 0 Å². The van der Waals surface area contributed by atoms with E-state index in [2.05, 4.69) is 0 Å².